The van der Waals surface area contributed by atoms with Crippen molar-refractivity contribution in [1.82, 2.24) is 10.3 Å². The minimum Gasteiger partial charge on any atom is -0.442 e. The van der Waals surface area contributed by atoms with Gasteiger partial charge in [-0.25, -0.2) is 4.79 Å². The zero-order valence-electron chi connectivity index (χ0n) is 17.3. The van der Waals surface area contributed by atoms with Crippen molar-refractivity contribution in [3.63, 3.8) is 0 Å². The lowest BCUT2D eigenvalue weighted by molar-refractivity contribution is -0.121. The van der Waals surface area contributed by atoms with Crippen LogP contribution in [0.5, 0.6) is 0 Å². The second-order valence-corrected chi connectivity index (χ2v) is 7.91. The van der Waals surface area contributed by atoms with Gasteiger partial charge in [-0.2, -0.15) is 0 Å². The molecule has 1 fully saturated rings. The standard InChI is InChI=1S/C25H23N3O3/c1-2-24(29)27-14-21-15-28(25(30)31-21)20-6-8-23-19(12-20)11-18-10-16(5-7-22(18)23)17-4-3-9-26-13-17/h3-10,12-13,21H,2,11,14-15H2,1H3,(H,27,29). The lowest BCUT2D eigenvalue weighted by Gasteiger charge is -2.14. The number of hydrogen-bond donors (Lipinski definition) is 1. The summed E-state index contributed by atoms with van der Waals surface area (Å²) < 4.78 is 5.44. The van der Waals surface area contributed by atoms with Gasteiger partial charge in [0, 0.05) is 24.5 Å². The quantitative estimate of drug-likeness (QED) is 0.533. The van der Waals surface area contributed by atoms with Crippen LogP contribution in [0.1, 0.15) is 24.5 Å². The molecular formula is C25H23N3O3. The molecule has 156 valence electrons. The predicted molar refractivity (Wildman–Crippen MR) is 119 cm³/mol. The molecule has 1 unspecified atom stereocenters. The Labute approximate surface area is 180 Å². The van der Waals surface area contributed by atoms with Gasteiger partial charge in [0.25, 0.3) is 0 Å². The first kappa shape index (κ1) is 19.3. The SMILES string of the molecule is CCC(=O)NCC1CN(c2ccc3c(c2)Cc2cc(-c4cccnc4)ccc2-3)C(=O)O1. The summed E-state index contributed by atoms with van der Waals surface area (Å²) >= 11 is 0. The Morgan fingerprint density at radius 3 is 2.71 bits per heavy atom. The van der Waals surface area contributed by atoms with Crippen LogP contribution < -0.4 is 10.2 Å². The number of carbonyl (C=O) groups excluding carboxylic acids is 2. The highest BCUT2D eigenvalue weighted by atomic mass is 16.6. The van der Waals surface area contributed by atoms with E-state index in [1.807, 2.05) is 18.3 Å². The van der Waals surface area contributed by atoms with Crippen LogP contribution in [0.4, 0.5) is 10.5 Å². The Morgan fingerprint density at radius 2 is 1.94 bits per heavy atom. The van der Waals surface area contributed by atoms with Crippen molar-refractivity contribution in [1.29, 1.82) is 0 Å². The maximum Gasteiger partial charge on any atom is 0.414 e. The van der Waals surface area contributed by atoms with Gasteiger partial charge in [0.15, 0.2) is 0 Å². The van der Waals surface area contributed by atoms with Gasteiger partial charge >= 0.3 is 6.09 Å². The topological polar surface area (TPSA) is 71.5 Å². The number of benzene rings is 2. The Bertz CT molecular complexity index is 1160. The second kappa shape index (κ2) is 7.87. The van der Waals surface area contributed by atoms with E-state index in [1.165, 1.54) is 22.3 Å². The first-order chi connectivity index (χ1) is 15.1. The average Bonchev–Trinajstić information content (AvgIpc) is 3.36. The maximum absolute atomic E-state index is 12.4. The van der Waals surface area contributed by atoms with Crippen LogP contribution in [0.3, 0.4) is 0 Å². The van der Waals surface area contributed by atoms with E-state index < -0.39 is 0 Å². The summed E-state index contributed by atoms with van der Waals surface area (Å²) in [5.41, 5.74) is 7.99. The van der Waals surface area contributed by atoms with Crippen molar-refractivity contribution in [3.8, 4) is 22.3 Å². The molecule has 1 N–H and O–H groups in total. The molecule has 0 radical (unpaired) electrons. The molecule has 5 rings (SSSR count). The third kappa shape index (κ3) is 3.65. The van der Waals surface area contributed by atoms with Crippen molar-refractivity contribution in [2.24, 2.45) is 0 Å². The van der Waals surface area contributed by atoms with Crippen LogP contribution >= 0.6 is 0 Å². The number of anilines is 1. The van der Waals surface area contributed by atoms with Gasteiger partial charge in [0.05, 0.1) is 13.1 Å². The summed E-state index contributed by atoms with van der Waals surface area (Å²) in [6.45, 7) is 2.56. The molecule has 2 aromatic carbocycles. The molecule has 0 bridgehead atoms. The Kier molecular flexibility index (Phi) is 4.90. The van der Waals surface area contributed by atoms with Gasteiger partial charge in [-0.15, -0.1) is 0 Å². The molecular weight excluding hydrogens is 390 g/mol. The lowest BCUT2D eigenvalue weighted by Crippen LogP contribution is -2.34. The number of cyclic esters (lactones) is 1. The summed E-state index contributed by atoms with van der Waals surface area (Å²) in [7, 11) is 0. The molecule has 1 aliphatic carbocycles. The fourth-order valence-corrected chi connectivity index (χ4v) is 4.27. The van der Waals surface area contributed by atoms with Gasteiger partial charge < -0.3 is 10.1 Å². The zero-order valence-corrected chi connectivity index (χ0v) is 17.3. The molecule has 1 atom stereocenters. The minimum atomic E-state index is -0.370. The maximum atomic E-state index is 12.4. The normalized spacial score (nSPS) is 16.6. The summed E-state index contributed by atoms with van der Waals surface area (Å²) in [6, 6.07) is 16.7. The number of amides is 2. The van der Waals surface area contributed by atoms with Gasteiger partial charge in [-0.1, -0.05) is 37.3 Å². The fraction of sp³-hybridized carbons (Fsp3) is 0.240. The molecule has 0 spiro atoms. The average molecular weight is 413 g/mol. The molecule has 1 saturated heterocycles. The lowest BCUT2D eigenvalue weighted by atomic mass is 10.0. The summed E-state index contributed by atoms with van der Waals surface area (Å²) in [5, 5.41) is 2.79. The molecule has 2 amide bonds. The largest absolute Gasteiger partial charge is 0.442 e. The number of rotatable bonds is 5. The minimum absolute atomic E-state index is 0.0459. The van der Waals surface area contributed by atoms with Crippen molar-refractivity contribution < 1.29 is 14.3 Å². The number of ether oxygens (including phenoxy) is 1. The number of carbonyl (C=O) groups is 2. The van der Waals surface area contributed by atoms with E-state index in [4.69, 9.17) is 4.74 Å². The van der Waals surface area contributed by atoms with E-state index in [0.717, 1.165) is 23.2 Å². The van der Waals surface area contributed by atoms with Crippen LogP contribution in [-0.2, 0) is 16.0 Å². The van der Waals surface area contributed by atoms with Crippen LogP contribution in [-0.4, -0.2) is 36.2 Å². The summed E-state index contributed by atoms with van der Waals surface area (Å²) in [6.07, 6.45) is 4.18. The van der Waals surface area contributed by atoms with E-state index >= 15 is 0 Å². The number of nitrogens with zero attached hydrogens (tertiary/aromatic N) is 2. The fourth-order valence-electron chi connectivity index (χ4n) is 4.27. The first-order valence-electron chi connectivity index (χ1n) is 10.5. The number of fused-ring (bicyclic) bond motifs is 3. The van der Waals surface area contributed by atoms with Crippen LogP contribution in [0.25, 0.3) is 22.3 Å². The Hall–Kier alpha value is -3.67. The molecule has 31 heavy (non-hydrogen) atoms. The van der Waals surface area contributed by atoms with Crippen LogP contribution in [0.2, 0.25) is 0 Å². The summed E-state index contributed by atoms with van der Waals surface area (Å²) in [5.74, 6) is -0.0459. The number of pyridine rings is 1. The van der Waals surface area contributed by atoms with Gasteiger partial charge in [0.2, 0.25) is 5.91 Å². The number of nitrogens with one attached hydrogen (secondary N) is 1. The van der Waals surface area contributed by atoms with Crippen molar-refractivity contribution in [2.75, 3.05) is 18.0 Å². The molecule has 2 aliphatic rings. The first-order valence-corrected chi connectivity index (χ1v) is 10.5. The Balaban J connectivity index is 1.35. The van der Waals surface area contributed by atoms with Crippen molar-refractivity contribution in [2.45, 2.75) is 25.9 Å². The van der Waals surface area contributed by atoms with Gasteiger partial charge in [-0.05, 0) is 58.0 Å². The number of aromatic nitrogens is 1. The van der Waals surface area contributed by atoms with E-state index in [-0.39, 0.29) is 18.1 Å². The molecule has 6 nitrogen and oxygen atoms in total. The third-order valence-electron chi connectivity index (χ3n) is 5.89. The molecule has 2 heterocycles. The van der Waals surface area contributed by atoms with E-state index in [0.29, 0.717) is 19.5 Å². The molecule has 0 saturated carbocycles. The van der Waals surface area contributed by atoms with E-state index in [9.17, 15) is 9.59 Å². The Morgan fingerprint density at radius 1 is 1.13 bits per heavy atom. The molecule has 1 aliphatic heterocycles. The highest BCUT2D eigenvalue weighted by Gasteiger charge is 2.33. The highest BCUT2D eigenvalue weighted by Crippen LogP contribution is 2.40. The number of hydrogen-bond acceptors (Lipinski definition) is 4. The highest BCUT2D eigenvalue weighted by molar-refractivity contribution is 5.91. The zero-order chi connectivity index (χ0) is 21.4. The van der Waals surface area contributed by atoms with Gasteiger partial charge in [-0.3, -0.25) is 14.7 Å². The van der Waals surface area contributed by atoms with Gasteiger partial charge in [0.1, 0.15) is 6.10 Å². The van der Waals surface area contributed by atoms with Crippen LogP contribution in [0.15, 0.2) is 60.9 Å². The summed E-state index contributed by atoms with van der Waals surface area (Å²) in [4.78, 5) is 29.8. The van der Waals surface area contributed by atoms with E-state index in [1.54, 1.807) is 18.0 Å². The smallest absolute Gasteiger partial charge is 0.414 e. The molecule has 1 aromatic heterocycles. The molecule has 6 heteroatoms. The van der Waals surface area contributed by atoms with Crippen molar-refractivity contribution >= 4 is 17.7 Å². The third-order valence-corrected chi connectivity index (χ3v) is 5.89. The molecule has 3 aromatic rings. The van der Waals surface area contributed by atoms with Crippen LogP contribution in [0, 0.1) is 0 Å². The monoisotopic (exact) mass is 413 g/mol. The second-order valence-electron chi connectivity index (χ2n) is 7.91. The van der Waals surface area contributed by atoms with E-state index in [2.05, 4.69) is 46.7 Å². The predicted octanol–water partition coefficient (Wildman–Crippen LogP) is 4.17. The van der Waals surface area contributed by atoms with Crippen molar-refractivity contribution in [3.05, 3.63) is 72.1 Å².